The lowest BCUT2D eigenvalue weighted by molar-refractivity contribution is 0.160. The minimum absolute atomic E-state index is 0.0161. The first kappa shape index (κ1) is 23.9. The van der Waals surface area contributed by atoms with E-state index in [0.717, 1.165) is 42.4 Å². The average Bonchev–Trinajstić information content (AvgIpc) is 2.65. The van der Waals surface area contributed by atoms with E-state index >= 15 is 4.39 Å². The van der Waals surface area contributed by atoms with Crippen LogP contribution in [0.25, 0.3) is 0 Å². The number of piperidine rings is 1. The molecule has 1 N–H and O–H groups in total. The molecule has 31 heavy (non-hydrogen) atoms. The van der Waals surface area contributed by atoms with Crippen LogP contribution in [0.3, 0.4) is 0 Å². The van der Waals surface area contributed by atoms with Crippen molar-refractivity contribution in [2.75, 3.05) is 0 Å². The van der Waals surface area contributed by atoms with Crippen LogP contribution in [0.15, 0.2) is 36.4 Å². The predicted molar refractivity (Wildman–Crippen MR) is 127 cm³/mol. The van der Waals surface area contributed by atoms with Gasteiger partial charge in [0.15, 0.2) is 0 Å². The maximum atomic E-state index is 15.0. The number of hydrogen-bond donors (Lipinski definition) is 1. The van der Waals surface area contributed by atoms with Crippen LogP contribution in [0, 0.1) is 11.6 Å². The molecular weight excluding hydrogens is 388 g/mol. The highest BCUT2D eigenvalue weighted by molar-refractivity contribution is 5.31. The first-order valence-corrected chi connectivity index (χ1v) is 11.9. The minimum Gasteiger partial charge on any atom is -0.307 e. The molecule has 1 aliphatic heterocycles. The zero-order chi connectivity index (χ0) is 22.6. The van der Waals surface area contributed by atoms with E-state index in [4.69, 9.17) is 0 Å². The number of rotatable bonds is 8. The predicted octanol–water partition coefficient (Wildman–Crippen LogP) is 7.51. The molecule has 1 heterocycles. The summed E-state index contributed by atoms with van der Waals surface area (Å²) in [4.78, 5) is 0. The molecule has 0 unspecified atom stereocenters. The summed E-state index contributed by atoms with van der Waals surface area (Å²) in [5.74, 6) is -0.0500. The molecule has 0 atom stereocenters. The zero-order valence-corrected chi connectivity index (χ0v) is 20.0. The van der Waals surface area contributed by atoms with Crippen LogP contribution < -0.4 is 5.32 Å². The SMILES string of the molecule is CCCCCc1ccc(CCc2ccc(C3CC(C)(C)NC(C)(C)C3)c(F)c2)c(F)c1. The van der Waals surface area contributed by atoms with Crippen molar-refractivity contribution in [3.8, 4) is 0 Å². The summed E-state index contributed by atoms with van der Waals surface area (Å²) >= 11 is 0. The molecular formula is C28H39F2N. The van der Waals surface area contributed by atoms with Gasteiger partial charge in [0, 0.05) is 11.1 Å². The largest absolute Gasteiger partial charge is 0.307 e. The lowest BCUT2D eigenvalue weighted by atomic mass is 9.73. The van der Waals surface area contributed by atoms with Crippen molar-refractivity contribution in [3.63, 3.8) is 0 Å². The van der Waals surface area contributed by atoms with E-state index in [2.05, 4.69) is 39.9 Å². The number of aryl methyl sites for hydroxylation is 3. The summed E-state index contributed by atoms with van der Waals surface area (Å²) in [5, 5.41) is 3.67. The van der Waals surface area contributed by atoms with Crippen LogP contribution in [-0.4, -0.2) is 11.1 Å². The first-order valence-electron chi connectivity index (χ1n) is 11.9. The van der Waals surface area contributed by atoms with Crippen LogP contribution in [0.2, 0.25) is 0 Å². The highest BCUT2D eigenvalue weighted by atomic mass is 19.1. The van der Waals surface area contributed by atoms with E-state index in [1.807, 2.05) is 24.3 Å². The van der Waals surface area contributed by atoms with Crippen molar-refractivity contribution in [3.05, 3.63) is 70.3 Å². The number of nitrogens with one attached hydrogen (secondary N) is 1. The molecule has 2 aromatic rings. The van der Waals surface area contributed by atoms with Crippen molar-refractivity contribution in [2.45, 2.75) is 103 Å². The molecule has 3 rings (SSSR count). The third-order valence-electron chi connectivity index (χ3n) is 6.56. The Balaban J connectivity index is 1.64. The molecule has 0 aromatic heterocycles. The van der Waals surface area contributed by atoms with Gasteiger partial charge in [0.05, 0.1) is 0 Å². The van der Waals surface area contributed by atoms with Gasteiger partial charge in [0.1, 0.15) is 11.6 Å². The molecule has 0 bridgehead atoms. The van der Waals surface area contributed by atoms with E-state index in [0.29, 0.717) is 18.4 Å². The minimum atomic E-state index is -0.134. The Morgan fingerprint density at radius 3 is 2.03 bits per heavy atom. The number of halogens is 2. The molecule has 0 radical (unpaired) electrons. The summed E-state index contributed by atoms with van der Waals surface area (Å²) in [6, 6.07) is 11.3. The normalized spacial score (nSPS) is 18.3. The van der Waals surface area contributed by atoms with Crippen LogP contribution in [0.1, 0.15) is 94.9 Å². The van der Waals surface area contributed by atoms with Gasteiger partial charge in [-0.25, -0.2) is 8.78 Å². The fourth-order valence-corrected chi connectivity index (χ4v) is 5.41. The van der Waals surface area contributed by atoms with Crippen molar-refractivity contribution >= 4 is 0 Å². The second-order valence-electron chi connectivity index (χ2n) is 10.7. The molecule has 1 fully saturated rings. The van der Waals surface area contributed by atoms with Gasteiger partial charge in [-0.1, -0.05) is 44.0 Å². The summed E-state index contributed by atoms with van der Waals surface area (Å²) in [6.07, 6.45) is 7.46. The molecule has 1 nitrogen and oxygen atoms in total. The van der Waals surface area contributed by atoms with E-state index in [9.17, 15) is 4.39 Å². The lowest BCUT2D eigenvalue weighted by Crippen LogP contribution is -2.57. The standard InChI is InChI=1S/C28H39F2N/c1-6-7-8-9-20-10-13-22(25(29)16-20)14-11-21-12-15-24(26(30)17-21)23-18-27(2,3)31-28(4,5)19-23/h10,12-13,15-17,23,31H,6-9,11,14,18-19H2,1-5H3. The topological polar surface area (TPSA) is 12.0 Å². The van der Waals surface area contributed by atoms with E-state index in [1.165, 1.54) is 12.8 Å². The smallest absolute Gasteiger partial charge is 0.126 e. The highest BCUT2D eigenvalue weighted by Gasteiger charge is 2.38. The van der Waals surface area contributed by atoms with Crippen LogP contribution in [0.4, 0.5) is 8.78 Å². The van der Waals surface area contributed by atoms with Gasteiger partial charge in [-0.2, -0.15) is 0 Å². The monoisotopic (exact) mass is 427 g/mol. The molecule has 3 heteroatoms. The number of unbranched alkanes of at least 4 members (excludes halogenated alkanes) is 2. The molecule has 2 aromatic carbocycles. The first-order chi connectivity index (χ1) is 14.6. The van der Waals surface area contributed by atoms with E-state index in [-0.39, 0.29) is 28.6 Å². The zero-order valence-electron chi connectivity index (χ0n) is 20.0. The lowest BCUT2D eigenvalue weighted by Gasteiger charge is -2.46. The van der Waals surface area contributed by atoms with Crippen LogP contribution in [0.5, 0.6) is 0 Å². The third-order valence-corrected chi connectivity index (χ3v) is 6.56. The molecule has 0 amide bonds. The Kier molecular flexibility index (Phi) is 7.57. The van der Waals surface area contributed by atoms with Gasteiger partial charge >= 0.3 is 0 Å². The second kappa shape index (κ2) is 9.81. The van der Waals surface area contributed by atoms with Gasteiger partial charge in [-0.3, -0.25) is 0 Å². The fraction of sp³-hybridized carbons (Fsp3) is 0.571. The molecule has 0 aliphatic carbocycles. The van der Waals surface area contributed by atoms with Crippen LogP contribution >= 0.6 is 0 Å². The van der Waals surface area contributed by atoms with Gasteiger partial charge in [-0.05, 0) is 107 Å². The van der Waals surface area contributed by atoms with Gasteiger partial charge in [0.25, 0.3) is 0 Å². The highest BCUT2D eigenvalue weighted by Crippen LogP contribution is 2.40. The van der Waals surface area contributed by atoms with Crippen molar-refractivity contribution in [1.82, 2.24) is 5.32 Å². The van der Waals surface area contributed by atoms with Gasteiger partial charge in [-0.15, -0.1) is 0 Å². The molecule has 0 saturated carbocycles. The molecule has 1 saturated heterocycles. The van der Waals surface area contributed by atoms with Crippen LogP contribution in [-0.2, 0) is 19.3 Å². The van der Waals surface area contributed by atoms with E-state index in [1.54, 1.807) is 12.1 Å². The Bertz CT molecular complexity index is 869. The number of hydrogen-bond acceptors (Lipinski definition) is 1. The summed E-state index contributed by atoms with van der Waals surface area (Å²) in [5.41, 5.74) is 3.49. The maximum absolute atomic E-state index is 15.0. The van der Waals surface area contributed by atoms with Crippen molar-refractivity contribution in [2.24, 2.45) is 0 Å². The summed E-state index contributed by atoms with van der Waals surface area (Å²) in [7, 11) is 0. The average molecular weight is 428 g/mol. The quantitative estimate of drug-likeness (QED) is 0.430. The fourth-order valence-electron chi connectivity index (χ4n) is 5.41. The van der Waals surface area contributed by atoms with Crippen molar-refractivity contribution < 1.29 is 8.78 Å². The number of benzene rings is 2. The Labute approximate surface area is 187 Å². The second-order valence-corrected chi connectivity index (χ2v) is 10.7. The maximum Gasteiger partial charge on any atom is 0.126 e. The Hall–Kier alpha value is -1.74. The summed E-state index contributed by atoms with van der Waals surface area (Å²) < 4.78 is 29.6. The summed E-state index contributed by atoms with van der Waals surface area (Å²) in [6.45, 7) is 10.9. The third kappa shape index (κ3) is 6.62. The Morgan fingerprint density at radius 1 is 0.806 bits per heavy atom. The molecule has 170 valence electrons. The van der Waals surface area contributed by atoms with Gasteiger partial charge < -0.3 is 5.32 Å². The van der Waals surface area contributed by atoms with Gasteiger partial charge in [0.2, 0.25) is 0 Å². The Morgan fingerprint density at radius 2 is 1.42 bits per heavy atom. The van der Waals surface area contributed by atoms with Crippen molar-refractivity contribution in [1.29, 1.82) is 0 Å². The molecule has 0 spiro atoms. The van der Waals surface area contributed by atoms with E-state index < -0.39 is 0 Å². The molecule has 1 aliphatic rings.